The lowest BCUT2D eigenvalue weighted by Crippen LogP contribution is -2.43. The van der Waals surface area contributed by atoms with Crippen LogP contribution < -0.4 is 10.5 Å². The van der Waals surface area contributed by atoms with E-state index in [0.29, 0.717) is 6.04 Å². The zero-order chi connectivity index (χ0) is 11.0. The summed E-state index contributed by atoms with van der Waals surface area (Å²) in [7, 11) is 0. The molecule has 1 aliphatic rings. The van der Waals surface area contributed by atoms with Crippen molar-refractivity contribution < 1.29 is 4.74 Å². The Morgan fingerprint density at radius 1 is 1.25 bits per heavy atom. The van der Waals surface area contributed by atoms with Crippen LogP contribution in [-0.2, 0) is 0 Å². The summed E-state index contributed by atoms with van der Waals surface area (Å²) in [6.45, 7) is 0. The van der Waals surface area contributed by atoms with Crippen LogP contribution in [0.25, 0.3) is 10.9 Å². The molecular formula is C13H14N2O. The number of ether oxygens (including phenoxy) is 1. The highest BCUT2D eigenvalue weighted by Gasteiger charge is 2.27. The van der Waals surface area contributed by atoms with Gasteiger partial charge in [0.25, 0.3) is 0 Å². The molecule has 2 aromatic rings. The van der Waals surface area contributed by atoms with Gasteiger partial charge >= 0.3 is 0 Å². The van der Waals surface area contributed by atoms with Crippen LogP contribution in [0.2, 0.25) is 0 Å². The smallest absolute Gasteiger partial charge is 0.138 e. The molecule has 0 saturated heterocycles. The van der Waals surface area contributed by atoms with Crippen molar-refractivity contribution in [3.05, 3.63) is 36.5 Å². The molecule has 1 aromatic carbocycles. The van der Waals surface area contributed by atoms with E-state index in [1.807, 2.05) is 30.3 Å². The summed E-state index contributed by atoms with van der Waals surface area (Å²) < 4.78 is 5.79. The standard InChI is InChI=1S/C13H14N2O/c14-10-6-11(7-10)16-12-5-9-3-1-2-4-13(9)15-8-12/h1-5,8,10-11H,6-7,14H2. The monoisotopic (exact) mass is 214 g/mol. The molecule has 0 radical (unpaired) electrons. The van der Waals surface area contributed by atoms with E-state index in [2.05, 4.69) is 4.98 Å². The maximum absolute atomic E-state index is 5.79. The predicted molar refractivity (Wildman–Crippen MR) is 63.4 cm³/mol. The molecule has 1 fully saturated rings. The molecule has 1 saturated carbocycles. The molecule has 0 spiro atoms. The number of nitrogens with zero attached hydrogens (tertiary/aromatic N) is 1. The molecule has 1 aliphatic carbocycles. The third-order valence-corrected chi connectivity index (χ3v) is 3.00. The van der Waals surface area contributed by atoms with Gasteiger partial charge in [0.05, 0.1) is 11.7 Å². The van der Waals surface area contributed by atoms with Gasteiger partial charge in [-0.1, -0.05) is 18.2 Å². The van der Waals surface area contributed by atoms with Gasteiger partial charge in [0.15, 0.2) is 0 Å². The Morgan fingerprint density at radius 3 is 2.88 bits per heavy atom. The topological polar surface area (TPSA) is 48.1 Å². The molecule has 0 atom stereocenters. The van der Waals surface area contributed by atoms with Crippen molar-refractivity contribution in [2.75, 3.05) is 0 Å². The van der Waals surface area contributed by atoms with Gasteiger partial charge in [-0.05, 0) is 25.0 Å². The van der Waals surface area contributed by atoms with E-state index >= 15 is 0 Å². The maximum Gasteiger partial charge on any atom is 0.138 e. The third-order valence-electron chi connectivity index (χ3n) is 3.00. The quantitative estimate of drug-likeness (QED) is 0.832. The van der Waals surface area contributed by atoms with E-state index in [4.69, 9.17) is 10.5 Å². The Bertz CT molecular complexity index is 506. The molecule has 0 unspecified atom stereocenters. The minimum Gasteiger partial charge on any atom is -0.489 e. The number of para-hydroxylation sites is 1. The summed E-state index contributed by atoms with van der Waals surface area (Å²) >= 11 is 0. The van der Waals surface area contributed by atoms with Crippen molar-refractivity contribution in [1.82, 2.24) is 4.98 Å². The van der Waals surface area contributed by atoms with Crippen LogP contribution >= 0.6 is 0 Å². The van der Waals surface area contributed by atoms with Gasteiger partial charge in [-0.2, -0.15) is 0 Å². The Morgan fingerprint density at radius 2 is 2.06 bits per heavy atom. The Hall–Kier alpha value is -1.61. The fourth-order valence-corrected chi connectivity index (χ4v) is 2.01. The molecular weight excluding hydrogens is 200 g/mol. The summed E-state index contributed by atoms with van der Waals surface area (Å²) in [5, 5.41) is 1.11. The lowest BCUT2D eigenvalue weighted by Gasteiger charge is -2.32. The van der Waals surface area contributed by atoms with E-state index in [0.717, 1.165) is 29.5 Å². The molecule has 1 heterocycles. The first-order valence-corrected chi connectivity index (χ1v) is 5.58. The summed E-state index contributed by atoms with van der Waals surface area (Å²) in [6.07, 6.45) is 3.96. The van der Waals surface area contributed by atoms with Crippen LogP contribution in [0.4, 0.5) is 0 Å². The van der Waals surface area contributed by atoms with Gasteiger partial charge in [-0.15, -0.1) is 0 Å². The van der Waals surface area contributed by atoms with Crippen molar-refractivity contribution >= 4 is 10.9 Å². The summed E-state index contributed by atoms with van der Waals surface area (Å²) in [4.78, 5) is 4.36. The van der Waals surface area contributed by atoms with Gasteiger partial charge in [-0.3, -0.25) is 4.98 Å². The van der Waals surface area contributed by atoms with Crippen LogP contribution in [0.3, 0.4) is 0 Å². The number of pyridine rings is 1. The van der Waals surface area contributed by atoms with Gasteiger partial charge < -0.3 is 10.5 Å². The molecule has 3 heteroatoms. The number of fused-ring (bicyclic) bond motifs is 1. The minimum absolute atomic E-state index is 0.276. The Balaban J connectivity index is 1.82. The van der Waals surface area contributed by atoms with Crippen molar-refractivity contribution in [3.63, 3.8) is 0 Å². The third kappa shape index (κ3) is 1.74. The van der Waals surface area contributed by atoms with E-state index < -0.39 is 0 Å². The van der Waals surface area contributed by atoms with Crippen molar-refractivity contribution in [3.8, 4) is 5.75 Å². The molecule has 2 N–H and O–H groups in total. The lowest BCUT2D eigenvalue weighted by molar-refractivity contribution is 0.101. The molecule has 82 valence electrons. The number of hydrogen-bond acceptors (Lipinski definition) is 3. The molecule has 16 heavy (non-hydrogen) atoms. The van der Waals surface area contributed by atoms with Crippen LogP contribution in [-0.4, -0.2) is 17.1 Å². The normalized spacial score (nSPS) is 24.1. The zero-order valence-electron chi connectivity index (χ0n) is 8.97. The highest BCUT2D eigenvalue weighted by Crippen LogP contribution is 2.25. The zero-order valence-corrected chi connectivity index (χ0v) is 8.97. The average Bonchev–Trinajstić information content (AvgIpc) is 2.27. The first-order chi connectivity index (χ1) is 7.81. The van der Waals surface area contributed by atoms with E-state index in [9.17, 15) is 0 Å². The number of nitrogens with two attached hydrogens (primary N) is 1. The van der Waals surface area contributed by atoms with Gasteiger partial charge in [-0.25, -0.2) is 0 Å². The van der Waals surface area contributed by atoms with Gasteiger partial charge in [0.1, 0.15) is 11.9 Å². The summed E-state index contributed by atoms with van der Waals surface area (Å²) in [5.74, 6) is 0.843. The highest BCUT2D eigenvalue weighted by atomic mass is 16.5. The molecule has 3 nitrogen and oxygen atoms in total. The predicted octanol–water partition coefficient (Wildman–Crippen LogP) is 2.10. The van der Waals surface area contributed by atoms with E-state index in [1.54, 1.807) is 6.20 Å². The van der Waals surface area contributed by atoms with Crippen LogP contribution in [0.1, 0.15) is 12.8 Å². The fraction of sp³-hybridized carbons (Fsp3) is 0.308. The van der Waals surface area contributed by atoms with Gasteiger partial charge in [0, 0.05) is 11.4 Å². The van der Waals surface area contributed by atoms with Crippen molar-refractivity contribution in [2.45, 2.75) is 25.0 Å². The number of rotatable bonds is 2. The largest absolute Gasteiger partial charge is 0.489 e. The highest BCUT2D eigenvalue weighted by molar-refractivity contribution is 5.79. The molecule has 0 amide bonds. The number of aromatic nitrogens is 1. The molecule has 0 aliphatic heterocycles. The molecule has 1 aromatic heterocycles. The van der Waals surface area contributed by atoms with Crippen molar-refractivity contribution in [1.29, 1.82) is 0 Å². The second-order valence-corrected chi connectivity index (χ2v) is 4.34. The SMILES string of the molecule is NC1CC(Oc2cnc3ccccc3c2)C1. The minimum atomic E-state index is 0.276. The molecule has 3 rings (SSSR count). The number of benzene rings is 1. The summed E-state index contributed by atoms with van der Waals surface area (Å²) in [6, 6.07) is 10.4. The maximum atomic E-state index is 5.79. The van der Waals surface area contributed by atoms with Gasteiger partial charge in [0.2, 0.25) is 0 Å². The van der Waals surface area contributed by atoms with Crippen LogP contribution in [0.5, 0.6) is 5.75 Å². The lowest BCUT2D eigenvalue weighted by atomic mass is 9.90. The Labute approximate surface area is 94.2 Å². The van der Waals surface area contributed by atoms with Crippen LogP contribution in [0, 0.1) is 0 Å². The summed E-state index contributed by atoms with van der Waals surface area (Å²) in [5.41, 5.74) is 6.72. The van der Waals surface area contributed by atoms with Crippen LogP contribution in [0.15, 0.2) is 36.5 Å². The Kier molecular flexibility index (Phi) is 2.26. The van der Waals surface area contributed by atoms with E-state index in [-0.39, 0.29) is 6.10 Å². The van der Waals surface area contributed by atoms with Crippen molar-refractivity contribution in [2.24, 2.45) is 5.73 Å². The average molecular weight is 214 g/mol. The first kappa shape index (κ1) is 9.60. The first-order valence-electron chi connectivity index (χ1n) is 5.58. The second kappa shape index (κ2) is 3.76. The van der Waals surface area contributed by atoms with E-state index in [1.165, 1.54) is 0 Å². The molecule has 0 bridgehead atoms. The fourth-order valence-electron chi connectivity index (χ4n) is 2.01. The number of hydrogen-bond donors (Lipinski definition) is 1. The second-order valence-electron chi connectivity index (χ2n) is 4.34.